The Hall–Kier alpha value is -2.60. The van der Waals surface area contributed by atoms with Crippen LogP contribution in [0.4, 0.5) is 0 Å². The zero-order valence-corrected chi connectivity index (χ0v) is 12.3. The molecule has 0 aliphatic rings. The van der Waals surface area contributed by atoms with Crippen LogP contribution in [0.5, 0.6) is 0 Å². The van der Waals surface area contributed by atoms with E-state index in [4.69, 9.17) is 9.15 Å². The molecule has 114 valence electrons. The molecule has 6 nitrogen and oxygen atoms in total. The number of nitrogens with zero attached hydrogens (tertiary/aromatic N) is 2. The highest BCUT2D eigenvalue weighted by atomic mass is 16.5. The van der Waals surface area contributed by atoms with Crippen molar-refractivity contribution in [3.05, 3.63) is 54.1 Å². The van der Waals surface area contributed by atoms with Crippen molar-refractivity contribution >= 4 is 16.8 Å². The summed E-state index contributed by atoms with van der Waals surface area (Å²) in [6.45, 7) is 1.31. The molecule has 0 saturated carbocycles. The highest BCUT2D eigenvalue weighted by Crippen LogP contribution is 2.18. The number of carbonyl (C=O) groups is 1. The van der Waals surface area contributed by atoms with Gasteiger partial charge in [-0.2, -0.15) is 5.10 Å². The number of para-hydroxylation sites is 1. The molecule has 2 heterocycles. The molecule has 0 saturated heterocycles. The molecule has 0 spiro atoms. The number of furan rings is 1. The van der Waals surface area contributed by atoms with E-state index in [2.05, 4.69) is 10.2 Å². The fourth-order valence-electron chi connectivity index (χ4n) is 2.32. The summed E-state index contributed by atoms with van der Waals surface area (Å²) in [5.74, 6) is 0.579. The number of ether oxygens (including phenoxy) is 1. The van der Waals surface area contributed by atoms with E-state index in [9.17, 15) is 4.79 Å². The Balaban J connectivity index is 1.87. The molecule has 1 aromatic carbocycles. The molecule has 0 aliphatic heterocycles. The first-order valence-electron chi connectivity index (χ1n) is 7.03. The molecular formula is C16H17N3O3. The number of nitrogens with one attached hydrogen (secondary N) is 1. The van der Waals surface area contributed by atoms with Gasteiger partial charge in [0.15, 0.2) is 5.69 Å². The lowest BCUT2D eigenvalue weighted by Crippen LogP contribution is -2.33. The molecule has 0 fully saturated rings. The van der Waals surface area contributed by atoms with Gasteiger partial charge in [0.25, 0.3) is 5.91 Å². The number of carbonyl (C=O) groups excluding carboxylic acids is 1. The van der Waals surface area contributed by atoms with E-state index < -0.39 is 0 Å². The van der Waals surface area contributed by atoms with E-state index in [0.29, 0.717) is 25.4 Å². The number of rotatable bonds is 6. The van der Waals surface area contributed by atoms with E-state index >= 15 is 0 Å². The van der Waals surface area contributed by atoms with Crippen molar-refractivity contribution in [3.63, 3.8) is 0 Å². The first kappa shape index (κ1) is 14.3. The third kappa shape index (κ3) is 2.87. The summed E-state index contributed by atoms with van der Waals surface area (Å²) in [7, 11) is 1.61. The van der Waals surface area contributed by atoms with Gasteiger partial charge in [-0.15, -0.1) is 0 Å². The van der Waals surface area contributed by atoms with Gasteiger partial charge in [-0.3, -0.25) is 9.89 Å². The molecule has 0 bridgehead atoms. The molecule has 1 amide bonds. The van der Waals surface area contributed by atoms with Crippen LogP contribution >= 0.6 is 0 Å². The van der Waals surface area contributed by atoms with E-state index in [1.807, 2.05) is 30.3 Å². The summed E-state index contributed by atoms with van der Waals surface area (Å²) >= 11 is 0. The van der Waals surface area contributed by atoms with Crippen molar-refractivity contribution < 1.29 is 13.9 Å². The summed E-state index contributed by atoms with van der Waals surface area (Å²) < 4.78 is 10.4. The van der Waals surface area contributed by atoms with Crippen molar-refractivity contribution in [2.45, 2.75) is 6.54 Å². The number of amides is 1. The van der Waals surface area contributed by atoms with Gasteiger partial charge in [-0.25, -0.2) is 0 Å². The van der Waals surface area contributed by atoms with Crippen molar-refractivity contribution in [2.75, 3.05) is 20.3 Å². The fourth-order valence-corrected chi connectivity index (χ4v) is 2.32. The second-order valence-corrected chi connectivity index (χ2v) is 4.92. The standard InChI is InChI=1S/C16H17N3O3/c1-21-10-8-19(11-12-5-4-9-22-12)16(20)15-13-6-2-3-7-14(13)17-18-15/h2-7,9H,8,10-11H2,1H3,(H,17,18). The second kappa shape index (κ2) is 6.44. The monoisotopic (exact) mass is 299 g/mol. The van der Waals surface area contributed by atoms with Crippen molar-refractivity contribution in [1.82, 2.24) is 15.1 Å². The lowest BCUT2D eigenvalue weighted by Gasteiger charge is -2.20. The molecule has 3 rings (SSSR count). The predicted molar refractivity (Wildman–Crippen MR) is 81.4 cm³/mol. The van der Waals surface area contributed by atoms with Crippen LogP contribution in [-0.2, 0) is 11.3 Å². The number of hydrogen-bond donors (Lipinski definition) is 1. The molecule has 3 aromatic rings. The van der Waals surface area contributed by atoms with Gasteiger partial charge in [0.2, 0.25) is 0 Å². The number of benzene rings is 1. The summed E-state index contributed by atoms with van der Waals surface area (Å²) in [5, 5.41) is 7.87. The number of methoxy groups -OCH3 is 1. The average molecular weight is 299 g/mol. The third-order valence-electron chi connectivity index (χ3n) is 3.45. The lowest BCUT2D eigenvalue weighted by atomic mass is 10.2. The summed E-state index contributed by atoms with van der Waals surface area (Å²) in [6.07, 6.45) is 1.60. The highest BCUT2D eigenvalue weighted by Gasteiger charge is 2.21. The van der Waals surface area contributed by atoms with Gasteiger partial charge < -0.3 is 14.1 Å². The van der Waals surface area contributed by atoms with Crippen LogP contribution in [0.1, 0.15) is 16.2 Å². The highest BCUT2D eigenvalue weighted by molar-refractivity contribution is 6.04. The Morgan fingerprint density at radius 3 is 2.95 bits per heavy atom. The van der Waals surface area contributed by atoms with Crippen LogP contribution in [0.2, 0.25) is 0 Å². The molecule has 6 heteroatoms. The first-order valence-corrected chi connectivity index (χ1v) is 7.03. The summed E-state index contributed by atoms with van der Waals surface area (Å²) in [4.78, 5) is 14.5. The minimum atomic E-state index is -0.147. The Bertz CT molecular complexity index is 749. The maximum Gasteiger partial charge on any atom is 0.275 e. The van der Waals surface area contributed by atoms with E-state index in [1.54, 1.807) is 24.3 Å². The van der Waals surface area contributed by atoms with Gasteiger partial charge in [0, 0.05) is 19.0 Å². The Morgan fingerprint density at radius 1 is 1.32 bits per heavy atom. The molecular weight excluding hydrogens is 282 g/mol. The van der Waals surface area contributed by atoms with Gasteiger partial charge in [0.1, 0.15) is 5.76 Å². The van der Waals surface area contributed by atoms with Crippen LogP contribution in [0, 0.1) is 0 Å². The zero-order chi connectivity index (χ0) is 15.4. The smallest absolute Gasteiger partial charge is 0.275 e. The van der Waals surface area contributed by atoms with E-state index in [-0.39, 0.29) is 5.91 Å². The summed E-state index contributed by atoms with van der Waals surface area (Å²) in [5.41, 5.74) is 1.26. The minimum Gasteiger partial charge on any atom is -0.467 e. The number of aromatic nitrogens is 2. The van der Waals surface area contributed by atoms with Crippen LogP contribution in [0.3, 0.4) is 0 Å². The molecule has 1 N–H and O–H groups in total. The number of hydrogen-bond acceptors (Lipinski definition) is 4. The van der Waals surface area contributed by atoms with Gasteiger partial charge >= 0.3 is 0 Å². The topological polar surface area (TPSA) is 71.4 Å². The quantitative estimate of drug-likeness (QED) is 0.759. The van der Waals surface area contributed by atoms with Gasteiger partial charge in [-0.05, 0) is 18.2 Å². The van der Waals surface area contributed by atoms with Crippen LogP contribution in [-0.4, -0.2) is 41.3 Å². The SMILES string of the molecule is COCCN(Cc1ccco1)C(=O)c1n[nH]c2ccccc12. The number of aromatic amines is 1. The molecule has 0 aliphatic carbocycles. The Morgan fingerprint density at radius 2 is 2.18 bits per heavy atom. The predicted octanol–water partition coefficient (Wildman–Crippen LogP) is 2.44. The molecule has 22 heavy (non-hydrogen) atoms. The average Bonchev–Trinajstić information content (AvgIpc) is 3.20. The maximum absolute atomic E-state index is 12.8. The van der Waals surface area contributed by atoms with E-state index in [0.717, 1.165) is 16.7 Å². The normalized spacial score (nSPS) is 11.0. The third-order valence-corrected chi connectivity index (χ3v) is 3.45. The Kier molecular flexibility index (Phi) is 4.20. The van der Waals surface area contributed by atoms with Gasteiger partial charge in [0.05, 0.1) is 24.9 Å². The van der Waals surface area contributed by atoms with Crippen LogP contribution < -0.4 is 0 Å². The van der Waals surface area contributed by atoms with Gasteiger partial charge in [-0.1, -0.05) is 18.2 Å². The van der Waals surface area contributed by atoms with Crippen molar-refractivity contribution in [3.8, 4) is 0 Å². The van der Waals surface area contributed by atoms with Crippen LogP contribution in [0.15, 0.2) is 47.1 Å². The largest absolute Gasteiger partial charge is 0.467 e. The van der Waals surface area contributed by atoms with Crippen LogP contribution in [0.25, 0.3) is 10.9 Å². The van der Waals surface area contributed by atoms with Crippen molar-refractivity contribution in [2.24, 2.45) is 0 Å². The minimum absolute atomic E-state index is 0.147. The Labute approximate surface area is 127 Å². The molecule has 0 radical (unpaired) electrons. The van der Waals surface area contributed by atoms with Crippen molar-refractivity contribution in [1.29, 1.82) is 0 Å². The molecule has 0 atom stereocenters. The fraction of sp³-hybridized carbons (Fsp3) is 0.250. The second-order valence-electron chi connectivity index (χ2n) is 4.92. The number of fused-ring (bicyclic) bond motifs is 1. The molecule has 2 aromatic heterocycles. The molecule has 0 unspecified atom stereocenters. The van der Waals surface area contributed by atoms with E-state index in [1.165, 1.54) is 0 Å². The zero-order valence-electron chi connectivity index (χ0n) is 12.3. The summed E-state index contributed by atoms with van der Waals surface area (Å²) in [6, 6.07) is 11.2. The first-order chi connectivity index (χ1) is 10.8. The maximum atomic E-state index is 12.8. The lowest BCUT2D eigenvalue weighted by molar-refractivity contribution is 0.0662. The number of H-pyrrole nitrogens is 1.